The molecule has 2 aliphatic rings. The van der Waals surface area contributed by atoms with Crippen LogP contribution in [0.15, 0.2) is 84.9 Å². The summed E-state index contributed by atoms with van der Waals surface area (Å²) >= 11 is 0. The van der Waals surface area contributed by atoms with Crippen molar-refractivity contribution in [2.24, 2.45) is 0 Å². The number of fused-ring (bicyclic) bond motifs is 2. The van der Waals surface area contributed by atoms with Crippen LogP contribution in [0, 0.1) is 0 Å². The third-order valence-corrected chi connectivity index (χ3v) is 7.18. The predicted octanol–water partition coefficient (Wildman–Crippen LogP) is 6.26. The van der Waals surface area contributed by atoms with Gasteiger partial charge in [-0.1, -0.05) is 60.7 Å². The first-order valence-electron chi connectivity index (χ1n) is 12.4. The maximum absolute atomic E-state index is 12.5. The maximum Gasteiger partial charge on any atom is 0.338 e. The normalized spacial score (nSPS) is 13.0. The zero-order valence-electron chi connectivity index (χ0n) is 20.0. The molecule has 178 valence electrons. The van der Waals surface area contributed by atoms with Gasteiger partial charge in [0.1, 0.15) is 13.2 Å². The van der Waals surface area contributed by atoms with Crippen molar-refractivity contribution in [1.29, 1.82) is 0 Å². The van der Waals surface area contributed by atoms with Gasteiger partial charge in [0.25, 0.3) is 0 Å². The van der Waals surface area contributed by atoms with Gasteiger partial charge in [-0.15, -0.1) is 0 Å². The van der Waals surface area contributed by atoms with Crippen LogP contribution >= 0.6 is 0 Å². The molecule has 0 radical (unpaired) electrons. The Kier molecular flexibility index (Phi) is 5.86. The minimum Gasteiger partial charge on any atom is -0.457 e. The summed E-state index contributed by atoms with van der Waals surface area (Å²) in [4.78, 5) is 25.0. The molecule has 0 heterocycles. The Bertz CT molecular complexity index is 1340. The Balaban J connectivity index is 1.04. The van der Waals surface area contributed by atoms with Gasteiger partial charge < -0.3 is 9.47 Å². The van der Waals surface area contributed by atoms with Crippen molar-refractivity contribution < 1.29 is 19.1 Å². The fourth-order valence-corrected chi connectivity index (χ4v) is 4.74. The zero-order valence-corrected chi connectivity index (χ0v) is 20.0. The molecule has 0 unspecified atom stereocenters. The maximum atomic E-state index is 12.5. The first-order chi connectivity index (χ1) is 17.6. The van der Waals surface area contributed by atoms with Gasteiger partial charge in [-0.05, 0) is 94.5 Å². The fourth-order valence-electron chi connectivity index (χ4n) is 4.74. The largest absolute Gasteiger partial charge is 0.457 e. The lowest BCUT2D eigenvalue weighted by molar-refractivity contribution is 0.0464. The summed E-state index contributed by atoms with van der Waals surface area (Å²) < 4.78 is 11.0. The van der Waals surface area contributed by atoms with Crippen molar-refractivity contribution in [3.63, 3.8) is 0 Å². The van der Waals surface area contributed by atoms with Gasteiger partial charge in [-0.3, -0.25) is 0 Å². The van der Waals surface area contributed by atoms with E-state index in [1.165, 1.54) is 22.3 Å². The van der Waals surface area contributed by atoms with Crippen LogP contribution < -0.4 is 0 Å². The Morgan fingerprint density at radius 3 is 1.22 bits per heavy atom. The molecule has 4 aromatic rings. The quantitative estimate of drug-likeness (QED) is 0.297. The highest BCUT2D eigenvalue weighted by atomic mass is 16.5. The van der Waals surface area contributed by atoms with Gasteiger partial charge in [-0.2, -0.15) is 0 Å². The number of carbonyl (C=O) groups is 2. The van der Waals surface area contributed by atoms with E-state index >= 15 is 0 Å². The molecule has 0 aliphatic heterocycles. The summed E-state index contributed by atoms with van der Waals surface area (Å²) in [5.74, 6) is -0.676. The van der Waals surface area contributed by atoms with Crippen LogP contribution in [-0.2, 0) is 48.4 Å². The van der Waals surface area contributed by atoms with Gasteiger partial charge in [0.05, 0.1) is 11.1 Å². The molecule has 0 atom stereocenters. The highest BCUT2D eigenvalue weighted by Crippen LogP contribution is 2.26. The van der Waals surface area contributed by atoms with E-state index in [1.807, 2.05) is 36.4 Å². The lowest BCUT2D eigenvalue weighted by Crippen LogP contribution is -2.10. The van der Waals surface area contributed by atoms with E-state index in [0.29, 0.717) is 11.1 Å². The molecule has 0 saturated carbocycles. The fraction of sp³-hybridized carbons (Fsp3) is 0.188. The standard InChI is InChI=1S/C32H26O4/c33-31(35-19-21-1-3-25-9-15-29(25)17-21)27-11-5-23(6-12-27)24-7-13-28(14-8-24)32(34)36-20-22-2-4-26-10-16-30(26)18-22/h1-8,11-14,17-18H,9-10,15-16,19-20H2. The summed E-state index contributed by atoms with van der Waals surface area (Å²) in [7, 11) is 0. The molecule has 0 N–H and O–H groups in total. The van der Waals surface area contributed by atoms with Crippen molar-refractivity contribution in [3.8, 4) is 11.1 Å². The molecule has 0 amide bonds. The van der Waals surface area contributed by atoms with Crippen molar-refractivity contribution >= 4 is 11.9 Å². The van der Waals surface area contributed by atoms with E-state index in [4.69, 9.17) is 9.47 Å². The monoisotopic (exact) mass is 474 g/mol. The molecule has 36 heavy (non-hydrogen) atoms. The van der Waals surface area contributed by atoms with Crippen LogP contribution in [0.1, 0.15) is 54.1 Å². The smallest absolute Gasteiger partial charge is 0.338 e. The summed E-state index contributed by atoms with van der Waals surface area (Å²) in [6.45, 7) is 0.551. The Morgan fingerprint density at radius 2 is 0.889 bits per heavy atom. The van der Waals surface area contributed by atoms with E-state index in [0.717, 1.165) is 47.9 Å². The number of hydrogen-bond donors (Lipinski definition) is 0. The van der Waals surface area contributed by atoms with Gasteiger partial charge >= 0.3 is 11.9 Å². The van der Waals surface area contributed by atoms with Crippen LogP contribution in [0.3, 0.4) is 0 Å². The predicted molar refractivity (Wildman–Crippen MR) is 138 cm³/mol. The summed E-state index contributed by atoms with van der Waals surface area (Å²) in [5.41, 5.74) is 10.5. The highest BCUT2D eigenvalue weighted by Gasteiger charge is 2.15. The van der Waals surface area contributed by atoms with E-state index in [2.05, 4.69) is 24.3 Å². The second-order valence-corrected chi connectivity index (χ2v) is 9.51. The van der Waals surface area contributed by atoms with Crippen LogP contribution in [0.25, 0.3) is 11.1 Å². The molecular formula is C32H26O4. The molecule has 0 fully saturated rings. The number of rotatable bonds is 7. The van der Waals surface area contributed by atoms with E-state index < -0.39 is 0 Å². The van der Waals surface area contributed by atoms with Crippen molar-refractivity contribution in [2.75, 3.05) is 0 Å². The third kappa shape index (κ3) is 4.55. The molecule has 0 bridgehead atoms. The molecule has 4 heteroatoms. The Hall–Kier alpha value is -4.18. The number of esters is 2. The van der Waals surface area contributed by atoms with E-state index in [9.17, 15) is 9.59 Å². The Morgan fingerprint density at radius 1 is 0.500 bits per heavy atom. The second-order valence-electron chi connectivity index (χ2n) is 9.51. The van der Waals surface area contributed by atoms with Crippen LogP contribution in [-0.4, -0.2) is 11.9 Å². The number of ether oxygens (including phenoxy) is 2. The average molecular weight is 475 g/mol. The van der Waals surface area contributed by atoms with Gasteiger partial charge in [0.15, 0.2) is 0 Å². The highest BCUT2D eigenvalue weighted by molar-refractivity contribution is 5.91. The molecule has 2 aliphatic carbocycles. The first kappa shape index (κ1) is 22.3. The number of aryl methyl sites for hydroxylation is 4. The summed E-state index contributed by atoms with van der Waals surface area (Å²) in [5, 5.41) is 0. The van der Waals surface area contributed by atoms with Crippen molar-refractivity contribution in [1.82, 2.24) is 0 Å². The number of carbonyl (C=O) groups excluding carboxylic acids is 2. The lowest BCUT2D eigenvalue weighted by Gasteiger charge is -2.19. The first-order valence-corrected chi connectivity index (χ1v) is 12.4. The summed E-state index contributed by atoms with van der Waals surface area (Å²) in [6.07, 6.45) is 4.50. The molecule has 0 aromatic heterocycles. The third-order valence-electron chi connectivity index (χ3n) is 7.18. The van der Waals surface area contributed by atoms with E-state index in [1.54, 1.807) is 24.3 Å². The zero-order chi connectivity index (χ0) is 24.5. The molecule has 0 spiro atoms. The summed E-state index contributed by atoms with van der Waals surface area (Å²) in [6, 6.07) is 27.2. The van der Waals surface area contributed by atoms with Gasteiger partial charge in [0.2, 0.25) is 0 Å². The lowest BCUT2D eigenvalue weighted by atomic mass is 9.87. The van der Waals surface area contributed by atoms with Gasteiger partial charge in [0, 0.05) is 0 Å². The average Bonchev–Trinajstić information content (AvgIpc) is 2.88. The molecule has 4 nitrogen and oxygen atoms in total. The van der Waals surface area contributed by atoms with Crippen molar-refractivity contribution in [3.05, 3.63) is 129 Å². The number of benzene rings is 4. The molecule has 0 saturated heterocycles. The minimum absolute atomic E-state index is 0.276. The molecular weight excluding hydrogens is 448 g/mol. The Labute approximate surface area is 210 Å². The van der Waals surface area contributed by atoms with Crippen LogP contribution in [0.4, 0.5) is 0 Å². The van der Waals surface area contributed by atoms with Crippen LogP contribution in [0.5, 0.6) is 0 Å². The molecule has 6 rings (SSSR count). The van der Waals surface area contributed by atoms with Crippen molar-refractivity contribution in [2.45, 2.75) is 38.9 Å². The molecule has 4 aromatic carbocycles. The SMILES string of the molecule is O=C(OCc1ccc2c(c1)CC2)c1ccc(-c2ccc(C(=O)OCc3ccc4c(c3)CC4)cc2)cc1. The van der Waals surface area contributed by atoms with Gasteiger partial charge in [-0.25, -0.2) is 9.59 Å². The van der Waals surface area contributed by atoms with E-state index in [-0.39, 0.29) is 25.2 Å². The second kappa shape index (κ2) is 9.46. The minimum atomic E-state index is -0.338. The van der Waals surface area contributed by atoms with Crippen LogP contribution in [0.2, 0.25) is 0 Å². The topological polar surface area (TPSA) is 52.6 Å². The number of hydrogen-bond acceptors (Lipinski definition) is 4.